The van der Waals surface area contributed by atoms with Crippen molar-refractivity contribution in [2.75, 3.05) is 0 Å². The minimum absolute atomic E-state index is 0.0926. The van der Waals surface area contributed by atoms with E-state index in [4.69, 9.17) is 0 Å². The molecule has 0 N–H and O–H groups in total. The summed E-state index contributed by atoms with van der Waals surface area (Å²) < 4.78 is 37.7. The first kappa shape index (κ1) is 17.4. The van der Waals surface area contributed by atoms with Gasteiger partial charge in [0.1, 0.15) is 5.52 Å². The van der Waals surface area contributed by atoms with Crippen LogP contribution in [0.1, 0.15) is 38.8 Å². The molecule has 1 aromatic carbocycles. The molecule has 19 heavy (non-hydrogen) atoms. The van der Waals surface area contributed by atoms with Crippen molar-refractivity contribution in [2.24, 2.45) is 0 Å². The van der Waals surface area contributed by atoms with Crippen molar-refractivity contribution in [1.82, 2.24) is 10.2 Å². The molecule has 0 fully saturated rings. The van der Waals surface area contributed by atoms with E-state index in [-0.39, 0.29) is 5.52 Å². The average Bonchev–Trinajstić information content (AvgIpc) is 2.42. The summed E-state index contributed by atoms with van der Waals surface area (Å²) in [4.78, 5) is 0. The smallest absolute Gasteiger partial charge is 0.166 e. The van der Waals surface area contributed by atoms with Gasteiger partial charge in [0.15, 0.2) is 0 Å². The highest BCUT2D eigenvalue weighted by Crippen LogP contribution is 2.33. The third-order valence-corrected chi connectivity index (χ3v) is 2.18. The number of nitrogens with zero attached hydrogens (tertiary/aromatic N) is 2. The maximum absolute atomic E-state index is 12.6. The second-order valence-corrected chi connectivity index (χ2v) is 3.23. The molecule has 0 unspecified atom stereocenters. The highest BCUT2D eigenvalue weighted by Gasteiger charge is 2.33. The van der Waals surface area contributed by atoms with Crippen molar-refractivity contribution in [1.29, 1.82) is 0 Å². The van der Waals surface area contributed by atoms with E-state index in [1.807, 2.05) is 27.7 Å². The first-order valence-corrected chi connectivity index (χ1v) is 6.28. The largest absolute Gasteiger partial charge is 0.418 e. The van der Waals surface area contributed by atoms with Gasteiger partial charge >= 0.3 is 6.18 Å². The van der Waals surface area contributed by atoms with E-state index in [0.29, 0.717) is 10.9 Å². The molecule has 2 rings (SSSR count). The van der Waals surface area contributed by atoms with Crippen LogP contribution in [0.15, 0.2) is 24.4 Å². The molecule has 5 heteroatoms. The van der Waals surface area contributed by atoms with Crippen LogP contribution < -0.4 is 0 Å². The number of hydrogen-bond donors (Lipinski definition) is 0. The van der Waals surface area contributed by atoms with Crippen LogP contribution in [0.3, 0.4) is 0 Å². The summed E-state index contributed by atoms with van der Waals surface area (Å²) in [7, 11) is 0. The molecule has 0 aliphatic rings. The number of fused-ring (bicyclic) bond motifs is 1. The fraction of sp³-hybridized carbons (Fsp3) is 0.429. The molecule has 0 amide bonds. The molecule has 0 saturated heterocycles. The Hall–Kier alpha value is -1.65. The average molecular weight is 272 g/mol. The van der Waals surface area contributed by atoms with Gasteiger partial charge in [-0.05, 0) is 18.6 Å². The van der Waals surface area contributed by atoms with E-state index in [9.17, 15) is 13.2 Å². The number of hydrogen-bond acceptors (Lipinski definition) is 2. The Morgan fingerprint density at radius 1 is 1.00 bits per heavy atom. The maximum Gasteiger partial charge on any atom is 0.418 e. The Labute approximate surface area is 111 Å². The Kier molecular flexibility index (Phi) is 7.04. The Morgan fingerprint density at radius 2 is 1.58 bits per heavy atom. The summed E-state index contributed by atoms with van der Waals surface area (Å²) in [6.45, 7) is 9.71. The van der Waals surface area contributed by atoms with Crippen LogP contribution in [-0.4, -0.2) is 10.2 Å². The lowest BCUT2D eigenvalue weighted by Gasteiger charge is -2.09. The summed E-state index contributed by atoms with van der Waals surface area (Å²) in [6.07, 6.45) is -2.94. The Balaban J connectivity index is 0.000000741. The molecule has 0 spiro atoms. The predicted molar refractivity (Wildman–Crippen MR) is 72.0 cm³/mol. The van der Waals surface area contributed by atoms with Crippen molar-refractivity contribution < 1.29 is 13.2 Å². The topological polar surface area (TPSA) is 25.8 Å². The van der Waals surface area contributed by atoms with Gasteiger partial charge < -0.3 is 0 Å². The molecular formula is C14H19F3N2. The van der Waals surface area contributed by atoms with Gasteiger partial charge in [-0.25, -0.2) is 0 Å². The van der Waals surface area contributed by atoms with Gasteiger partial charge in [0.05, 0.1) is 11.8 Å². The molecule has 0 aliphatic carbocycles. The fourth-order valence-corrected chi connectivity index (χ4v) is 1.44. The zero-order valence-electron chi connectivity index (χ0n) is 11.8. The van der Waals surface area contributed by atoms with Crippen molar-refractivity contribution in [3.05, 3.63) is 35.5 Å². The first-order chi connectivity index (χ1) is 9.00. The molecule has 0 radical (unpaired) electrons. The van der Waals surface area contributed by atoms with Gasteiger partial charge in [-0.2, -0.15) is 18.3 Å². The molecular weight excluding hydrogens is 253 g/mol. The molecule has 2 aromatic rings. The lowest BCUT2D eigenvalue weighted by atomic mass is 10.1. The monoisotopic (exact) mass is 272 g/mol. The molecule has 0 saturated carbocycles. The van der Waals surface area contributed by atoms with E-state index in [1.54, 1.807) is 13.0 Å². The van der Waals surface area contributed by atoms with Crippen LogP contribution in [-0.2, 0) is 6.18 Å². The van der Waals surface area contributed by atoms with Crippen LogP contribution in [0.2, 0.25) is 0 Å². The molecule has 0 aliphatic heterocycles. The summed E-state index contributed by atoms with van der Waals surface area (Å²) in [5.74, 6) is 0. The van der Waals surface area contributed by atoms with Gasteiger partial charge in [0.2, 0.25) is 0 Å². The highest BCUT2D eigenvalue weighted by molar-refractivity contribution is 5.84. The lowest BCUT2D eigenvalue weighted by molar-refractivity contribution is -0.136. The molecule has 1 heterocycles. The minimum Gasteiger partial charge on any atom is -0.166 e. The van der Waals surface area contributed by atoms with Crippen LogP contribution in [0.25, 0.3) is 10.9 Å². The van der Waals surface area contributed by atoms with Crippen molar-refractivity contribution in [2.45, 2.75) is 40.8 Å². The van der Waals surface area contributed by atoms with Gasteiger partial charge in [0.25, 0.3) is 0 Å². The number of alkyl halides is 3. The fourth-order valence-electron chi connectivity index (χ4n) is 1.44. The van der Waals surface area contributed by atoms with Crippen molar-refractivity contribution >= 4 is 10.9 Å². The third kappa shape index (κ3) is 4.19. The first-order valence-electron chi connectivity index (χ1n) is 6.28. The Morgan fingerprint density at radius 3 is 2.11 bits per heavy atom. The molecule has 106 valence electrons. The molecule has 0 atom stereocenters. The van der Waals surface area contributed by atoms with E-state index in [1.165, 1.54) is 12.3 Å². The second kappa shape index (κ2) is 7.71. The second-order valence-electron chi connectivity index (χ2n) is 3.23. The summed E-state index contributed by atoms with van der Waals surface area (Å²) in [5, 5.41) is 7.56. The molecule has 2 nitrogen and oxygen atoms in total. The standard InChI is InChI=1S/C10H7F3N2.2C2H6/c1-6-5-14-15-9-7(6)3-2-4-8(9)10(11,12)13;2*1-2/h2-5H,1H3;2*1-2H3. The quantitative estimate of drug-likeness (QED) is 0.673. The van der Waals surface area contributed by atoms with Gasteiger partial charge in [0, 0.05) is 5.39 Å². The third-order valence-electron chi connectivity index (χ3n) is 2.18. The predicted octanol–water partition coefficient (Wildman–Crippen LogP) is 5.01. The number of benzene rings is 1. The summed E-state index contributed by atoms with van der Waals surface area (Å²) in [5.41, 5.74) is -0.146. The van der Waals surface area contributed by atoms with E-state index in [0.717, 1.165) is 6.07 Å². The number of aryl methyl sites for hydroxylation is 1. The van der Waals surface area contributed by atoms with Crippen LogP contribution in [0.5, 0.6) is 0 Å². The van der Waals surface area contributed by atoms with E-state index >= 15 is 0 Å². The highest BCUT2D eigenvalue weighted by atomic mass is 19.4. The zero-order valence-corrected chi connectivity index (χ0v) is 11.8. The summed E-state index contributed by atoms with van der Waals surface area (Å²) >= 11 is 0. The van der Waals surface area contributed by atoms with E-state index in [2.05, 4.69) is 10.2 Å². The minimum atomic E-state index is -4.39. The molecule has 1 aromatic heterocycles. The van der Waals surface area contributed by atoms with Crippen molar-refractivity contribution in [3.8, 4) is 0 Å². The normalized spacial score (nSPS) is 10.1. The summed E-state index contributed by atoms with van der Waals surface area (Å²) in [6, 6.07) is 3.99. The van der Waals surface area contributed by atoms with Gasteiger partial charge in [-0.15, -0.1) is 5.10 Å². The SMILES string of the molecule is CC.CC.Cc1cnnc2c(C(F)(F)F)cccc12. The van der Waals surface area contributed by atoms with Gasteiger partial charge in [-0.3, -0.25) is 0 Å². The lowest BCUT2D eigenvalue weighted by Crippen LogP contribution is -2.07. The van der Waals surface area contributed by atoms with E-state index < -0.39 is 11.7 Å². The van der Waals surface area contributed by atoms with Crippen LogP contribution in [0, 0.1) is 6.92 Å². The number of halogens is 3. The molecule has 0 bridgehead atoms. The maximum atomic E-state index is 12.6. The number of aromatic nitrogens is 2. The Bertz CT molecular complexity index is 508. The van der Waals surface area contributed by atoms with Crippen LogP contribution >= 0.6 is 0 Å². The zero-order chi connectivity index (χ0) is 15.1. The van der Waals surface area contributed by atoms with Crippen molar-refractivity contribution in [3.63, 3.8) is 0 Å². The van der Waals surface area contributed by atoms with Gasteiger partial charge in [-0.1, -0.05) is 39.8 Å². The van der Waals surface area contributed by atoms with Crippen LogP contribution in [0.4, 0.5) is 13.2 Å². The number of rotatable bonds is 0.